The number of carbonyl (C=O) groups is 1. The fraction of sp³-hybridized carbons (Fsp3) is 0.190. The van der Waals surface area contributed by atoms with Gasteiger partial charge in [-0.3, -0.25) is 9.36 Å². The molecule has 0 saturated carbocycles. The predicted octanol–water partition coefficient (Wildman–Crippen LogP) is 6.06. The van der Waals surface area contributed by atoms with Gasteiger partial charge in [0.1, 0.15) is 5.58 Å². The lowest BCUT2D eigenvalue weighted by molar-refractivity contribution is -0.113. The summed E-state index contributed by atoms with van der Waals surface area (Å²) in [5, 5.41) is 14.2. The van der Waals surface area contributed by atoms with Gasteiger partial charge in [-0.1, -0.05) is 41.0 Å². The topological polar surface area (TPSA) is 73.0 Å². The Balaban J connectivity index is 1.50. The first-order chi connectivity index (χ1) is 14.5. The number of carbonyl (C=O) groups excluding carboxylic acids is 1. The van der Waals surface area contributed by atoms with Gasteiger partial charge in [0.15, 0.2) is 10.9 Å². The maximum atomic E-state index is 12.4. The van der Waals surface area contributed by atoms with Crippen LogP contribution in [0.1, 0.15) is 12.5 Å². The van der Waals surface area contributed by atoms with Crippen LogP contribution in [0.2, 0.25) is 10.0 Å². The van der Waals surface area contributed by atoms with E-state index in [1.807, 2.05) is 42.7 Å². The molecule has 2 aromatic heterocycles. The van der Waals surface area contributed by atoms with E-state index in [0.717, 1.165) is 16.5 Å². The summed E-state index contributed by atoms with van der Waals surface area (Å²) in [4.78, 5) is 12.4. The van der Waals surface area contributed by atoms with Crippen molar-refractivity contribution < 1.29 is 9.21 Å². The molecule has 4 aromatic rings. The molecule has 0 atom stereocenters. The Labute approximate surface area is 187 Å². The molecular formula is C21H18Cl2N4O2S. The van der Waals surface area contributed by atoms with E-state index in [9.17, 15) is 4.79 Å². The number of hydrogen-bond donors (Lipinski definition) is 1. The number of halogens is 2. The van der Waals surface area contributed by atoms with Gasteiger partial charge in [0.2, 0.25) is 11.7 Å². The van der Waals surface area contributed by atoms with Crippen LogP contribution in [0.25, 0.3) is 22.6 Å². The van der Waals surface area contributed by atoms with Crippen molar-refractivity contribution in [3.63, 3.8) is 0 Å². The lowest BCUT2D eigenvalue weighted by Crippen LogP contribution is -2.15. The van der Waals surface area contributed by atoms with Gasteiger partial charge in [0.05, 0.1) is 5.75 Å². The summed E-state index contributed by atoms with van der Waals surface area (Å²) in [7, 11) is 0. The zero-order valence-electron chi connectivity index (χ0n) is 16.3. The van der Waals surface area contributed by atoms with Crippen LogP contribution in [-0.4, -0.2) is 26.4 Å². The lowest BCUT2D eigenvalue weighted by Gasteiger charge is -2.09. The van der Waals surface area contributed by atoms with Crippen LogP contribution in [0.3, 0.4) is 0 Å². The van der Waals surface area contributed by atoms with Crippen LogP contribution in [-0.2, 0) is 11.3 Å². The van der Waals surface area contributed by atoms with E-state index < -0.39 is 0 Å². The highest BCUT2D eigenvalue weighted by atomic mass is 35.5. The van der Waals surface area contributed by atoms with E-state index in [1.165, 1.54) is 11.8 Å². The van der Waals surface area contributed by atoms with Crippen molar-refractivity contribution >= 4 is 57.5 Å². The number of benzene rings is 2. The molecule has 0 aliphatic carbocycles. The Kier molecular flexibility index (Phi) is 6.04. The number of nitrogens with zero attached hydrogens (tertiary/aromatic N) is 3. The van der Waals surface area contributed by atoms with Gasteiger partial charge < -0.3 is 9.73 Å². The number of hydrogen-bond acceptors (Lipinski definition) is 5. The number of nitrogens with one attached hydrogen (secondary N) is 1. The summed E-state index contributed by atoms with van der Waals surface area (Å²) >= 11 is 13.5. The van der Waals surface area contributed by atoms with E-state index in [0.29, 0.717) is 39.0 Å². The summed E-state index contributed by atoms with van der Waals surface area (Å²) < 4.78 is 7.83. The van der Waals surface area contributed by atoms with E-state index in [-0.39, 0.29) is 11.7 Å². The molecule has 0 radical (unpaired) electrons. The van der Waals surface area contributed by atoms with Crippen LogP contribution in [0, 0.1) is 6.92 Å². The molecular weight excluding hydrogens is 443 g/mol. The highest BCUT2D eigenvalue weighted by Crippen LogP contribution is 2.31. The summed E-state index contributed by atoms with van der Waals surface area (Å²) in [5.74, 6) is 1.27. The summed E-state index contributed by atoms with van der Waals surface area (Å²) in [6.45, 7) is 4.49. The maximum absolute atomic E-state index is 12.4. The zero-order chi connectivity index (χ0) is 21.3. The average molecular weight is 461 g/mol. The first-order valence-corrected chi connectivity index (χ1v) is 11.0. The summed E-state index contributed by atoms with van der Waals surface area (Å²) in [5.41, 5.74) is 2.26. The molecule has 2 aromatic carbocycles. The van der Waals surface area contributed by atoms with Crippen molar-refractivity contribution in [1.82, 2.24) is 14.8 Å². The Morgan fingerprint density at radius 1 is 1.20 bits per heavy atom. The minimum absolute atomic E-state index is 0.143. The number of aromatic nitrogens is 3. The summed E-state index contributed by atoms with van der Waals surface area (Å²) in [6, 6.07) is 12.8. The van der Waals surface area contributed by atoms with Gasteiger partial charge in [0, 0.05) is 27.7 Å². The molecule has 1 amide bonds. The number of fused-ring (bicyclic) bond motifs is 1. The molecule has 0 aliphatic rings. The third-order valence-corrected chi connectivity index (χ3v) is 6.22. The van der Waals surface area contributed by atoms with Crippen LogP contribution in [0.4, 0.5) is 5.69 Å². The van der Waals surface area contributed by atoms with Crippen LogP contribution >= 0.6 is 35.0 Å². The van der Waals surface area contributed by atoms with Gasteiger partial charge in [-0.25, -0.2) is 0 Å². The first kappa shape index (κ1) is 20.8. The van der Waals surface area contributed by atoms with E-state index in [2.05, 4.69) is 15.5 Å². The Morgan fingerprint density at radius 2 is 2.03 bits per heavy atom. The van der Waals surface area contributed by atoms with Crippen molar-refractivity contribution in [3.8, 4) is 11.6 Å². The largest absolute Gasteiger partial charge is 0.453 e. The van der Waals surface area contributed by atoms with E-state index in [1.54, 1.807) is 18.2 Å². The number of rotatable bonds is 6. The van der Waals surface area contributed by atoms with E-state index >= 15 is 0 Å². The second-order valence-corrected chi connectivity index (χ2v) is 8.38. The van der Waals surface area contributed by atoms with E-state index in [4.69, 9.17) is 27.6 Å². The SMILES string of the molecule is CCn1c(SCC(=O)Nc2cccc(Cl)c2C)nnc1-c1cc2cc(Cl)ccc2o1. The molecule has 6 nitrogen and oxygen atoms in total. The van der Waals surface area contributed by atoms with Crippen molar-refractivity contribution in [3.05, 3.63) is 58.1 Å². The minimum Gasteiger partial charge on any atom is -0.453 e. The molecule has 0 fully saturated rings. The molecule has 0 unspecified atom stereocenters. The fourth-order valence-corrected chi connectivity index (χ4v) is 4.20. The standard InChI is InChI=1S/C21H18Cl2N4O2S/c1-3-27-20(18-10-13-9-14(22)7-8-17(13)29-18)25-26-21(27)30-11-19(28)24-16-6-4-5-15(23)12(16)2/h4-10H,3,11H2,1-2H3,(H,24,28). The van der Waals surface area contributed by atoms with Crippen molar-refractivity contribution in [2.24, 2.45) is 0 Å². The maximum Gasteiger partial charge on any atom is 0.234 e. The molecule has 154 valence electrons. The molecule has 0 aliphatic heterocycles. The molecule has 9 heteroatoms. The third-order valence-electron chi connectivity index (χ3n) is 4.61. The van der Waals surface area contributed by atoms with Crippen molar-refractivity contribution in [1.29, 1.82) is 0 Å². The molecule has 4 rings (SSSR count). The van der Waals surface area contributed by atoms with Gasteiger partial charge in [-0.15, -0.1) is 10.2 Å². The monoisotopic (exact) mass is 460 g/mol. The zero-order valence-corrected chi connectivity index (χ0v) is 18.6. The number of thioether (sulfide) groups is 1. The van der Waals surface area contributed by atoms with Gasteiger partial charge >= 0.3 is 0 Å². The van der Waals surface area contributed by atoms with Gasteiger partial charge in [-0.2, -0.15) is 0 Å². The number of anilines is 1. The second-order valence-electron chi connectivity index (χ2n) is 6.59. The quantitative estimate of drug-likeness (QED) is 0.354. The highest BCUT2D eigenvalue weighted by Gasteiger charge is 2.18. The lowest BCUT2D eigenvalue weighted by atomic mass is 10.2. The van der Waals surface area contributed by atoms with Gasteiger partial charge in [0.25, 0.3) is 0 Å². The normalized spacial score (nSPS) is 11.2. The molecule has 2 heterocycles. The molecule has 0 bridgehead atoms. The molecule has 0 spiro atoms. The molecule has 0 saturated heterocycles. The molecule has 30 heavy (non-hydrogen) atoms. The second kappa shape index (κ2) is 8.71. The minimum atomic E-state index is -0.143. The summed E-state index contributed by atoms with van der Waals surface area (Å²) in [6.07, 6.45) is 0. The van der Waals surface area contributed by atoms with Crippen molar-refractivity contribution in [2.45, 2.75) is 25.5 Å². The highest BCUT2D eigenvalue weighted by molar-refractivity contribution is 7.99. The molecule has 1 N–H and O–H groups in total. The number of furan rings is 1. The third kappa shape index (κ3) is 4.19. The average Bonchev–Trinajstić information content (AvgIpc) is 3.32. The smallest absolute Gasteiger partial charge is 0.234 e. The Bertz CT molecular complexity index is 1240. The number of amides is 1. The van der Waals surface area contributed by atoms with Crippen molar-refractivity contribution in [2.75, 3.05) is 11.1 Å². The predicted molar refractivity (Wildman–Crippen MR) is 121 cm³/mol. The van der Waals surface area contributed by atoms with Gasteiger partial charge in [-0.05, 0) is 55.8 Å². The van der Waals surface area contributed by atoms with Crippen LogP contribution in [0.5, 0.6) is 0 Å². The first-order valence-electron chi connectivity index (χ1n) is 9.26. The Morgan fingerprint density at radius 3 is 2.83 bits per heavy atom. The van der Waals surface area contributed by atoms with Crippen LogP contribution < -0.4 is 5.32 Å². The fourth-order valence-electron chi connectivity index (χ4n) is 3.05. The van der Waals surface area contributed by atoms with Crippen LogP contribution in [0.15, 0.2) is 52.0 Å². The Hall–Kier alpha value is -2.48.